The highest BCUT2D eigenvalue weighted by Gasteiger charge is 2.14. The Bertz CT molecular complexity index is 1220. The number of nitrogens with one attached hydrogen (secondary N) is 1. The molecule has 4 rings (SSSR count). The number of aromatic nitrogens is 3. The molecular weight excluding hydrogens is 339 g/mol. The van der Waals surface area contributed by atoms with E-state index in [-0.39, 0.29) is 11.3 Å². The molecular formula is C17H7FN6S. The minimum absolute atomic E-state index is 0.195. The number of anilines is 2. The van der Waals surface area contributed by atoms with Crippen LogP contribution in [0.15, 0.2) is 36.7 Å². The summed E-state index contributed by atoms with van der Waals surface area (Å²) in [5.74, 6) is -0.146. The molecule has 2 heterocycles. The summed E-state index contributed by atoms with van der Waals surface area (Å²) >= 11 is 1.23. The van der Waals surface area contributed by atoms with Crippen molar-refractivity contribution in [2.24, 2.45) is 0 Å². The van der Waals surface area contributed by atoms with Crippen LogP contribution in [0.25, 0.3) is 21.1 Å². The molecule has 0 aliphatic carbocycles. The molecule has 0 saturated heterocycles. The summed E-state index contributed by atoms with van der Waals surface area (Å²) in [6, 6.07) is 11.6. The smallest absolute Gasteiger partial charge is 0.195 e. The van der Waals surface area contributed by atoms with Gasteiger partial charge < -0.3 is 5.32 Å². The molecule has 0 aliphatic heterocycles. The van der Waals surface area contributed by atoms with Crippen LogP contribution in [-0.2, 0) is 0 Å². The first kappa shape index (κ1) is 14.9. The zero-order valence-electron chi connectivity index (χ0n) is 12.5. The van der Waals surface area contributed by atoms with Crippen LogP contribution in [0.2, 0.25) is 0 Å². The summed E-state index contributed by atoms with van der Waals surface area (Å²) in [6.07, 6.45) is 1.38. The number of nitriles is 2. The van der Waals surface area contributed by atoms with Crippen LogP contribution in [0.4, 0.5) is 15.9 Å². The van der Waals surface area contributed by atoms with Crippen molar-refractivity contribution in [2.75, 3.05) is 5.32 Å². The molecule has 2 aromatic heterocycles. The van der Waals surface area contributed by atoms with Gasteiger partial charge in [-0.25, -0.2) is 19.3 Å². The third-order valence-corrected chi connectivity index (χ3v) is 4.60. The van der Waals surface area contributed by atoms with Crippen molar-refractivity contribution in [3.05, 3.63) is 53.0 Å². The summed E-state index contributed by atoms with van der Waals surface area (Å²) in [4.78, 5) is 12.7. The lowest BCUT2D eigenvalue weighted by Crippen LogP contribution is -1.98. The topological polar surface area (TPSA) is 98.3 Å². The molecule has 8 heteroatoms. The van der Waals surface area contributed by atoms with Gasteiger partial charge in [0, 0.05) is 0 Å². The Morgan fingerprint density at radius 1 is 1.04 bits per heavy atom. The van der Waals surface area contributed by atoms with Crippen LogP contribution in [0.5, 0.6) is 0 Å². The van der Waals surface area contributed by atoms with Gasteiger partial charge in [0.25, 0.3) is 0 Å². The van der Waals surface area contributed by atoms with Gasteiger partial charge >= 0.3 is 0 Å². The van der Waals surface area contributed by atoms with Crippen molar-refractivity contribution in [2.45, 2.75) is 0 Å². The highest BCUT2D eigenvalue weighted by Crippen LogP contribution is 2.34. The number of halogens is 1. The summed E-state index contributed by atoms with van der Waals surface area (Å²) in [6.45, 7) is 0. The molecule has 4 aromatic rings. The number of fused-ring (bicyclic) bond motifs is 3. The van der Waals surface area contributed by atoms with E-state index >= 15 is 0 Å². The molecule has 0 amide bonds. The van der Waals surface area contributed by atoms with Gasteiger partial charge in [0.1, 0.15) is 24.0 Å². The lowest BCUT2D eigenvalue weighted by molar-refractivity contribution is 0.631. The number of benzene rings is 2. The molecule has 2 aromatic carbocycles. The van der Waals surface area contributed by atoms with Crippen LogP contribution < -0.4 is 5.32 Å². The largest absolute Gasteiger partial charge is 0.337 e. The average molecular weight is 346 g/mol. The van der Waals surface area contributed by atoms with Crippen LogP contribution in [0.3, 0.4) is 0 Å². The Morgan fingerprint density at radius 3 is 2.64 bits per heavy atom. The number of nitrogens with zero attached hydrogens (tertiary/aromatic N) is 5. The van der Waals surface area contributed by atoms with Gasteiger partial charge in [0.2, 0.25) is 0 Å². The second-order valence-corrected chi connectivity index (χ2v) is 6.09. The predicted octanol–water partition coefficient (Wildman–Crippen LogP) is 3.87. The normalized spacial score (nSPS) is 10.5. The number of hydrogen-bond donors (Lipinski definition) is 1. The lowest BCUT2D eigenvalue weighted by atomic mass is 10.2. The maximum absolute atomic E-state index is 14.2. The average Bonchev–Trinajstić information content (AvgIpc) is 3.07. The molecule has 0 bridgehead atoms. The van der Waals surface area contributed by atoms with E-state index < -0.39 is 5.82 Å². The first-order chi connectivity index (χ1) is 12.2. The fraction of sp³-hybridized carbons (Fsp3) is 0. The van der Waals surface area contributed by atoms with Gasteiger partial charge in [0.15, 0.2) is 5.01 Å². The van der Waals surface area contributed by atoms with Crippen molar-refractivity contribution >= 4 is 44.0 Å². The molecule has 0 unspecified atom stereocenters. The Kier molecular flexibility index (Phi) is 3.46. The molecule has 0 saturated carbocycles. The first-order valence-corrected chi connectivity index (χ1v) is 7.92. The fourth-order valence-electron chi connectivity index (χ4n) is 2.49. The number of hydrogen-bond acceptors (Lipinski definition) is 7. The quantitative estimate of drug-likeness (QED) is 0.592. The van der Waals surface area contributed by atoms with Crippen molar-refractivity contribution in [3.63, 3.8) is 0 Å². The van der Waals surface area contributed by atoms with Crippen LogP contribution in [0.1, 0.15) is 10.6 Å². The minimum Gasteiger partial charge on any atom is -0.337 e. The second-order valence-electron chi connectivity index (χ2n) is 5.09. The molecule has 118 valence electrons. The fourth-order valence-corrected chi connectivity index (χ4v) is 3.39. The zero-order chi connectivity index (χ0) is 17.4. The van der Waals surface area contributed by atoms with Gasteiger partial charge in [-0.3, -0.25) is 0 Å². The molecule has 0 atom stereocenters. The third kappa shape index (κ3) is 2.51. The Hall–Kier alpha value is -3.62. The molecule has 0 aliphatic rings. The Labute approximate surface area is 144 Å². The van der Waals surface area contributed by atoms with E-state index in [9.17, 15) is 4.39 Å². The Morgan fingerprint density at radius 2 is 1.88 bits per heavy atom. The monoisotopic (exact) mass is 346 g/mol. The highest BCUT2D eigenvalue weighted by molar-refractivity contribution is 7.20. The summed E-state index contributed by atoms with van der Waals surface area (Å²) < 4.78 is 14.9. The summed E-state index contributed by atoms with van der Waals surface area (Å²) in [5, 5.41) is 21.9. The predicted molar refractivity (Wildman–Crippen MR) is 91.8 cm³/mol. The van der Waals surface area contributed by atoms with E-state index in [0.717, 1.165) is 10.8 Å². The van der Waals surface area contributed by atoms with E-state index in [1.807, 2.05) is 12.1 Å². The Balaban J connectivity index is 1.91. The minimum atomic E-state index is -0.556. The van der Waals surface area contributed by atoms with Gasteiger partial charge in [-0.15, -0.1) is 11.3 Å². The molecule has 0 spiro atoms. The second kappa shape index (κ2) is 5.78. The van der Waals surface area contributed by atoms with E-state index in [4.69, 9.17) is 10.5 Å². The third-order valence-electron chi connectivity index (χ3n) is 3.60. The van der Waals surface area contributed by atoms with Gasteiger partial charge in [0.05, 0.1) is 38.4 Å². The summed E-state index contributed by atoms with van der Waals surface area (Å²) in [5.41, 5.74) is 1.75. The van der Waals surface area contributed by atoms with Crippen LogP contribution in [-0.4, -0.2) is 15.0 Å². The first-order valence-electron chi connectivity index (χ1n) is 7.10. The van der Waals surface area contributed by atoms with Gasteiger partial charge in [-0.05, 0) is 30.3 Å². The summed E-state index contributed by atoms with van der Waals surface area (Å²) in [7, 11) is 0. The van der Waals surface area contributed by atoms with Crippen molar-refractivity contribution in [3.8, 4) is 12.1 Å². The van der Waals surface area contributed by atoms with E-state index in [1.165, 1.54) is 29.8 Å². The standard InChI is InChI=1S/C17H7FN6S/c18-10-5-9(6-19)1-2-11(10)24-17-15-12(21-8-22-17)3-4-13-16(15)25-14(7-20)23-13/h1-5,8H,(H,21,22,24). The lowest BCUT2D eigenvalue weighted by Gasteiger charge is -2.09. The molecule has 0 fully saturated rings. The molecule has 1 N–H and O–H groups in total. The molecule has 25 heavy (non-hydrogen) atoms. The maximum Gasteiger partial charge on any atom is 0.195 e. The SMILES string of the molecule is N#Cc1ccc(Nc2ncnc3ccc4nc(C#N)sc4c23)c(F)c1. The number of thiazole rings is 1. The number of rotatable bonds is 2. The van der Waals surface area contributed by atoms with E-state index in [0.29, 0.717) is 27.2 Å². The molecule has 6 nitrogen and oxygen atoms in total. The van der Waals surface area contributed by atoms with Crippen molar-refractivity contribution in [1.29, 1.82) is 10.5 Å². The van der Waals surface area contributed by atoms with Gasteiger partial charge in [-0.2, -0.15) is 10.5 Å². The molecule has 0 radical (unpaired) electrons. The van der Waals surface area contributed by atoms with Crippen LogP contribution >= 0.6 is 11.3 Å². The maximum atomic E-state index is 14.2. The van der Waals surface area contributed by atoms with Crippen molar-refractivity contribution in [1.82, 2.24) is 15.0 Å². The van der Waals surface area contributed by atoms with Gasteiger partial charge in [-0.1, -0.05) is 0 Å². The highest BCUT2D eigenvalue weighted by atomic mass is 32.1. The van der Waals surface area contributed by atoms with Crippen LogP contribution in [0, 0.1) is 28.5 Å². The van der Waals surface area contributed by atoms with E-state index in [1.54, 1.807) is 12.1 Å². The van der Waals surface area contributed by atoms with E-state index in [2.05, 4.69) is 20.3 Å². The zero-order valence-corrected chi connectivity index (χ0v) is 13.3. The van der Waals surface area contributed by atoms with Crippen molar-refractivity contribution < 1.29 is 4.39 Å².